The number of carbonyl (C=O) groups excluding carboxylic acids is 1. The predicted molar refractivity (Wildman–Crippen MR) is 70.4 cm³/mol. The second-order valence-electron chi connectivity index (χ2n) is 4.41. The van der Waals surface area contributed by atoms with Gasteiger partial charge in [0.1, 0.15) is 11.2 Å². The molecule has 1 aromatic rings. The van der Waals surface area contributed by atoms with Gasteiger partial charge in [-0.1, -0.05) is 11.6 Å². The largest absolute Gasteiger partial charge is 0.341 e. The number of rotatable bonds is 2. The van der Waals surface area contributed by atoms with Gasteiger partial charge in [0.15, 0.2) is 0 Å². The Labute approximate surface area is 116 Å². The molecule has 2 nitrogen and oxygen atoms in total. The third kappa shape index (κ3) is 2.96. The minimum atomic E-state index is -0.998. The summed E-state index contributed by atoms with van der Waals surface area (Å²) in [6.07, 6.45) is 3.09. The summed E-state index contributed by atoms with van der Waals surface area (Å²) in [5, 5.41) is -0.620. The average Bonchev–Trinajstić information content (AvgIpc) is 2.41. The molecule has 18 heavy (non-hydrogen) atoms. The van der Waals surface area contributed by atoms with Crippen LogP contribution >= 0.6 is 23.2 Å². The van der Waals surface area contributed by atoms with Gasteiger partial charge in [-0.2, -0.15) is 0 Å². The molecule has 0 saturated carbocycles. The summed E-state index contributed by atoms with van der Waals surface area (Å²) in [5.41, 5.74) is 0.153. The number of hydrogen-bond donors (Lipinski definition) is 0. The van der Waals surface area contributed by atoms with E-state index in [0.29, 0.717) is 18.1 Å². The molecule has 0 radical (unpaired) electrons. The quantitative estimate of drug-likeness (QED) is 0.759. The van der Waals surface area contributed by atoms with Crippen LogP contribution in [0.15, 0.2) is 18.2 Å². The van der Waals surface area contributed by atoms with Crippen LogP contribution in [0.25, 0.3) is 0 Å². The van der Waals surface area contributed by atoms with Crippen molar-refractivity contribution in [1.29, 1.82) is 0 Å². The Bertz CT molecular complexity index is 447. The lowest BCUT2D eigenvalue weighted by atomic mass is 10.1. The molecule has 1 fully saturated rings. The lowest BCUT2D eigenvalue weighted by Gasteiger charge is -2.28. The van der Waals surface area contributed by atoms with Crippen molar-refractivity contribution < 1.29 is 9.18 Å². The van der Waals surface area contributed by atoms with Gasteiger partial charge in [-0.25, -0.2) is 4.39 Å². The molecule has 1 unspecified atom stereocenters. The van der Waals surface area contributed by atoms with Crippen molar-refractivity contribution in [2.45, 2.75) is 24.6 Å². The van der Waals surface area contributed by atoms with Gasteiger partial charge in [0.2, 0.25) is 5.91 Å². The highest BCUT2D eigenvalue weighted by Crippen LogP contribution is 2.29. The number of likely N-dealkylation sites (tertiary alicyclic amines) is 1. The molecule has 1 saturated heterocycles. The van der Waals surface area contributed by atoms with Crippen LogP contribution < -0.4 is 0 Å². The molecule has 0 N–H and O–H groups in total. The molecule has 98 valence electrons. The van der Waals surface area contributed by atoms with E-state index in [2.05, 4.69) is 0 Å². The maximum absolute atomic E-state index is 13.6. The van der Waals surface area contributed by atoms with Crippen LogP contribution in [0.1, 0.15) is 30.2 Å². The molecule has 0 aliphatic carbocycles. The first-order valence-electron chi connectivity index (χ1n) is 5.97. The first kappa shape index (κ1) is 13.6. The zero-order valence-corrected chi connectivity index (χ0v) is 11.3. The van der Waals surface area contributed by atoms with Crippen LogP contribution in [0, 0.1) is 5.82 Å². The second-order valence-corrected chi connectivity index (χ2v) is 5.29. The molecular formula is C13H14Cl2FNO. The summed E-state index contributed by atoms with van der Waals surface area (Å²) in [4.78, 5) is 13.8. The fraction of sp³-hybridized carbons (Fsp3) is 0.462. The van der Waals surface area contributed by atoms with Crippen molar-refractivity contribution in [2.75, 3.05) is 13.1 Å². The predicted octanol–water partition coefficient (Wildman–Crippen LogP) is 3.77. The summed E-state index contributed by atoms with van der Waals surface area (Å²) in [7, 11) is 0. The molecule has 1 aliphatic rings. The summed E-state index contributed by atoms with van der Waals surface area (Å²) in [5.74, 6) is -0.734. The van der Waals surface area contributed by atoms with Gasteiger partial charge in [-0.3, -0.25) is 4.79 Å². The van der Waals surface area contributed by atoms with Crippen molar-refractivity contribution in [3.63, 3.8) is 0 Å². The van der Waals surface area contributed by atoms with Crippen LogP contribution in [0.4, 0.5) is 4.39 Å². The van der Waals surface area contributed by atoms with Gasteiger partial charge in [0.05, 0.1) is 0 Å². The molecule has 1 amide bonds. The molecule has 1 aromatic carbocycles. The van der Waals surface area contributed by atoms with Crippen molar-refractivity contribution in [1.82, 2.24) is 4.90 Å². The van der Waals surface area contributed by atoms with Crippen LogP contribution in [0.5, 0.6) is 0 Å². The first-order chi connectivity index (χ1) is 8.59. The highest BCUT2D eigenvalue weighted by Gasteiger charge is 2.27. The molecule has 1 heterocycles. The van der Waals surface area contributed by atoms with E-state index in [1.807, 2.05) is 0 Å². The van der Waals surface area contributed by atoms with Crippen LogP contribution in [0.2, 0.25) is 5.02 Å². The van der Waals surface area contributed by atoms with Crippen LogP contribution in [-0.4, -0.2) is 23.9 Å². The Morgan fingerprint density at radius 1 is 1.28 bits per heavy atom. The SMILES string of the molecule is O=C(C(Cl)c1cc(Cl)ccc1F)N1CCCCC1. The Hall–Kier alpha value is -0.800. The Morgan fingerprint density at radius 2 is 1.94 bits per heavy atom. The molecule has 1 aliphatic heterocycles. The fourth-order valence-corrected chi connectivity index (χ4v) is 2.60. The standard InChI is InChI=1S/C13H14Cl2FNO/c14-9-4-5-11(16)10(8-9)12(15)13(18)17-6-2-1-3-7-17/h4-5,8,12H,1-3,6-7H2. The zero-order chi connectivity index (χ0) is 13.1. The van der Waals surface area contributed by atoms with Gasteiger partial charge in [-0.15, -0.1) is 11.6 Å². The monoisotopic (exact) mass is 289 g/mol. The molecule has 5 heteroatoms. The van der Waals surface area contributed by atoms with Crippen molar-refractivity contribution in [2.24, 2.45) is 0 Å². The molecule has 1 atom stereocenters. The van der Waals surface area contributed by atoms with Gasteiger partial charge in [0.25, 0.3) is 0 Å². The minimum Gasteiger partial charge on any atom is -0.341 e. The number of benzene rings is 1. The van der Waals surface area contributed by atoms with E-state index >= 15 is 0 Å². The van der Waals surface area contributed by atoms with Crippen molar-refractivity contribution in [3.8, 4) is 0 Å². The Balaban J connectivity index is 2.16. The molecule has 0 spiro atoms. The van der Waals surface area contributed by atoms with E-state index in [1.54, 1.807) is 4.90 Å². The van der Waals surface area contributed by atoms with Gasteiger partial charge in [0, 0.05) is 23.7 Å². The van der Waals surface area contributed by atoms with Crippen molar-refractivity contribution >= 4 is 29.1 Å². The fourth-order valence-electron chi connectivity index (χ4n) is 2.12. The number of halogens is 3. The lowest BCUT2D eigenvalue weighted by Crippen LogP contribution is -2.37. The highest BCUT2D eigenvalue weighted by atomic mass is 35.5. The molecular weight excluding hydrogens is 276 g/mol. The maximum atomic E-state index is 13.6. The van der Waals surface area contributed by atoms with Crippen LogP contribution in [-0.2, 0) is 4.79 Å². The van der Waals surface area contributed by atoms with Gasteiger partial charge >= 0.3 is 0 Å². The average molecular weight is 290 g/mol. The summed E-state index contributed by atoms with van der Waals surface area (Å²) >= 11 is 11.9. The van der Waals surface area contributed by atoms with E-state index in [4.69, 9.17) is 23.2 Å². The van der Waals surface area contributed by atoms with E-state index in [0.717, 1.165) is 19.3 Å². The second kappa shape index (κ2) is 5.89. The lowest BCUT2D eigenvalue weighted by molar-refractivity contribution is -0.131. The van der Waals surface area contributed by atoms with E-state index in [1.165, 1.54) is 18.2 Å². The zero-order valence-electron chi connectivity index (χ0n) is 9.83. The number of piperidine rings is 1. The molecule has 0 bridgehead atoms. The smallest absolute Gasteiger partial charge is 0.245 e. The van der Waals surface area contributed by atoms with E-state index in [-0.39, 0.29) is 11.5 Å². The summed E-state index contributed by atoms with van der Waals surface area (Å²) in [6, 6.07) is 4.09. The summed E-state index contributed by atoms with van der Waals surface area (Å²) in [6.45, 7) is 1.40. The number of hydrogen-bond acceptors (Lipinski definition) is 1. The number of nitrogens with zero attached hydrogens (tertiary/aromatic N) is 1. The number of carbonyl (C=O) groups is 1. The maximum Gasteiger partial charge on any atom is 0.245 e. The Morgan fingerprint density at radius 3 is 2.61 bits per heavy atom. The molecule has 0 aromatic heterocycles. The van der Waals surface area contributed by atoms with E-state index < -0.39 is 11.2 Å². The third-order valence-electron chi connectivity index (χ3n) is 3.12. The minimum absolute atomic E-state index is 0.153. The normalized spacial score (nSPS) is 17.6. The van der Waals surface area contributed by atoms with Crippen molar-refractivity contribution in [3.05, 3.63) is 34.6 Å². The van der Waals surface area contributed by atoms with E-state index in [9.17, 15) is 9.18 Å². The third-order valence-corrected chi connectivity index (χ3v) is 3.77. The topological polar surface area (TPSA) is 20.3 Å². The first-order valence-corrected chi connectivity index (χ1v) is 6.79. The molecule has 2 rings (SSSR count). The number of alkyl halides is 1. The summed E-state index contributed by atoms with van der Waals surface area (Å²) < 4.78 is 13.6. The van der Waals surface area contributed by atoms with Crippen LogP contribution in [0.3, 0.4) is 0 Å². The highest BCUT2D eigenvalue weighted by molar-refractivity contribution is 6.32. The van der Waals surface area contributed by atoms with Gasteiger partial charge in [-0.05, 0) is 37.5 Å². The Kier molecular flexibility index (Phi) is 4.46. The van der Waals surface area contributed by atoms with Gasteiger partial charge < -0.3 is 4.90 Å². The number of amides is 1.